The lowest BCUT2D eigenvalue weighted by Gasteiger charge is -2.20. The summed E-state index contributed by atoms with van der Waals surface area (Å²) in [5, 5.41) is 14.1. The number of hydrogen-bond donors (Lipinski definition) is 1. The molecular formula is C13H25N3O3S. The number of rotatable bonds is 6. The maximum absolute atomic E-state index is 12.6. The highest BCUT2D eigenvalue weighted by atomic mass is 32.2. The van der Waals surface area contributed by atoms with E-state index in [1.165, 1.54) is 4.31 Å². The van der Waals surface area contributed by atoms with Gasteiger partial charge in [0.25, 0.3) is 0 Å². The highest BCUT2D eigenvalue weighted by molar-refractivity contribution is 7.89. The van der Waals surface area contributed by atoms with Crippen LogP contribution in [0.2, 0.25) is 0 Å². The molecule has 0 aromatic carbocycles. The van der Waals surface area contributed by atoms with Gasteiger partial charge in [-0.15, -0.1) is 0 Å². The van der Waals surface area contributed by atoms with Gasteiger partial charge in [0.1, 0.15) is 4.90 Å². The molecule has 1 heterocycles. The average molecular weight is 303 g/mol. The standard InChI is InChI=1S/C13H25N3O3S/c1-7-15(8-2)20(18,19)12-10(3)14-16(11(12)4)9-13(5,6)17/h17H,7-9H2,1-6H3. The van der Waals surface area contributed by atoms with Gasteiger partial charge in [-0.2, -0.15) is 9.40 Å². The third-order valence-electron chi connectivity index (χ3n) is 3.16. The predicted octanol–water partition coefficient (Wildman–Crippen LogP) is 1.30. The second-order valence-electron chi connectivity index (χ2n) is 5.56. The molecule has 0 aliphatic rings. The van der Waals surface area contributed by atoms with Crippen LogP contribution < -0.4 is 0 Å². The predicted molar refractivity (Wildman–Crippen MR) is 78.1 cm³/mol. The Labute approximate surface area is 121 Å². The minimum absolute atomic E-state index is 0.255. The maximum Gasteiger partial charge on any atom is 0.246 e. The van der Waals surface area contributed by atoms with Crippen LogP contribution in [-0.4, -0.2) is 46.3 Å². The van der Waals surface area contributed by atoms with Crippen molar-refractivity contribution in [2.24, 2.45) is 0 Å². The van der Waals surface area contributed by atoms with Crippen LogP contribution in [0.15, 0.2) is 4.90 Å². The normalized spacial score (nSPS) is 13.2. The summed E-state index contributed by atoms with van der Waals surface area (Å²) in [6.45, 7) is 11.5. The molecule has 1 N–H and O–H groups in total. The first-order valence-electron chi connectivity index (χ1n) is 6.81. The highest BCUT2D eigenvalue weighted by Gasteiger charge is 2.30. The lowest BCUT2D eigenvalue weighted by atomic mass is 10.1. The number of sulfonamides is 1. The van der Waals surface area contributed by atoms with Crippen LogP contribution in [0.5, 0.6) is 0 Å². The first-order chi connectivity index (χ1) is 9.04. The number of aliphatic hydroxyl groups is 1. The molecule has 0 atom stereocenters. The monoisotopic (exact) mass is 303 g/mol. The molecule has 0 amide bonds. The van der Waals surface area contributed by atoms with Crippen LogP contribution in [0.3, 0.4) is 0 Å². The molecule has 1 aromatic heterocycles. The zero-order valence-electron chi connectivity index (χ0n) is 13.1. The molecule has 0 saturated heterocycles. The molecule has 116 valence electrons. The van der Waals surface area contributed by atoms with E-state index in [9.17, 15) is 13.5 Å². The zero-order valence-corrected chi connectivity index (χ0v) is 14.0. The molecule has 0 unspecified atom stereocenters. The van der Waals surface area contributed by atoms with E-state index in [2.05, 4.69) is 5.10 Å². The summed E-state index contributed by atoms with van der Waals surface area (Å²) >= 11 is 0. The third kappa shape index (κ3) is 3.39. The van der Waals surface area contributed by atoms with E-state index in [1.807, 2.05) is 13.8 Å². The Hall–Kier alpha value is -0.920. The summed E-state index contributed by atoms with van der Waals surface area (Å²) in [5.74, 6) is 0. The minimum Gasteiger partial charge on any atom is -0.389 e. The van der Waals surface area contributed by atoms with Crippen molar-refractivity contribution < 1.29 is 13.5 Å². The van der Waals surface area contributed by atoms with Crippen molar-refractivity contribution in [3.63, 3.8) is 0 Å². The molecular weight excluding hydrogens is 278 g/mol. The van der Waals surface area contributed by atoms with Crippen molar-refractivity contribution in [3.05, 3.63) is 11.4 Å². The second kappa shape index (κ2) is 5.83. The second-order valence-corrected chi connectivity index (χ2v) is 7.43. The Bertz CT molecular complexity index is 566. The van der Waals surface area contributed by atoms with Crippen LogP contribution in [0.4, 0.5) is 0 Å². The molecule has 0 saturated carbocycles. The van der Waals surface area contributed by atoms with Gasteiger partial charge in [-0.3, -0.25) is 4.68 Å². The molecule has 0 aliphatic heterocycles. The lowest BCUT2D eigenvalue weighted by Crippen LogP contribution is -2.31. The van der Waals surface area contributed by atoms with Gasteiger partial charge in [-0.25, -0.2) is 8.42 Å². The average Bonchev–Trinajstić information content (AvgIpc) is 2.53. The Balaban J connectivity index is 3.34. The Kier molecular flexibility index (Phi) is 4.99. The van der Waals surface area contributed by atoms with Crippen molar-refractivity contribution in [2.75, 3.05) is 13.1 Å². The lowest BCUT2D eigenvalue weighted by molar-refractivity contribution is 0.0569. The van der Waals surface area contributed by atoms with Crippen LogP contribution in [0.25, 0.3) is 0 Å². The Morgan fingerprint density at radius 3 is 2.15 bits per heavy atom. The molecule has 0 fully saturated rings. The molecule has 6 nitrogen and oxygen atoms in total. The van der Waals surface area contributed by atoms with E-state index in [-0.39, 0.29) is 11.4 Å². The Morgan fingerprint density at radius 1 is 1.25 bits per heavy atom. The van der Waals surface area contributed by atoms with E-state index in [1.54, 1.807) is 32.4 Å². The van der Waals surface area contributed by atoms with Gasteiger partial charge in [0.2, 0.25) is 10.0 Å². The first kappa shape index (κ1) is 17.1. The molecule has 0 radical (unpaired) electrons. The number of aromatic nitrogens is 2. The topological polar surface area (TPSA) is 75.4 Å². The van der Waals surface area contributed by atoms with Gasteiger partial charge in [0, 0.05) is 13.1 Å². The van der Waals surface area contributed by atoms with Gasteiger partial charge in [0.05, 0.1) is 23.5 Å². The van der Waals surface area contributed by atoms with Crippen molar-refractivity contribution in [1.29, 1.82) is 0 Å². The van der Waals surface area contributed by atoms with E-state index >= 15 is 0 Å². The molecule has 1 rings (SSSR count). The molecule has 0 spiro atoms. The molecule has 0 bridgehead atoms. The third-order valence-corrected chi connectivity index (χ3v) is 5.46. The molecule has 1 aromatic rings. The number of aryl methyl sites for hydroxylation is 1. The van der Waals surface area contributed by atoms with E-state index in [0.29, 0.717) is 24.5 Å². The van der Waals surface area contributed by atoms with E-state index in [0.717, 1.165) is 0 Å². The summed E-state index contributed by atoms with van der Waals surface area (Å²) in [6, 6.07) is 0. The van der Waals surface area contributed by atoms with Crippen molar-refractivity contribution >= 4 is 10.0 Å². The van der Waals surface area contributed by atoms with Gasteiger partial charge in [-0.1, -0.05) is 13.8 Å². The molecule has 0 aliphatic carbocycles. The quantitative estimate of drug-likeness (QED) is 0.859. The zero-order chi connectivity index (χ0) is 15.7. The SMILES string of the molecule is CCN(CC)S(=O)(=O)c1c(C)nn(CC(C)(C)O)c1C. The van der Waals surface area contributed by atoms with Gasteiger partial charge in [0.15, 0.2) is 0 Å². The summed E-state index contributed by atoms with van der Waals surface area (Å²) < 4.78 is 28.2. The number of hydrogen-bond acceptors (Lipinski definition) is 4. The summed E-state index contributed by atoms with van der Waals surface area (Å²) in [7, 11) is -3.53. The molecule has 7 heteroatoms. The number of nitrogens with zero attached hydrogens (tertiary/aromatic N) is 3. The van der Waals surface area contributed by atoms with E-state index in [4.69, 9.17) is 0 Å². The fraction of sp³-hybridized carbons (Fsp3) is 0.769. The largest absolute Gasteiger partial charge is 0.389 e. The van der Waals surface area contributed by atoms with Crippen LogP contribution in [0, 0.1) is 13.8 Å². The molecule has 20 heavy (non-hydrogen) atoms. The van der Waals surface area contributed by atoms with Crippen molar-refractivity contribution in [3.8, 4) is 0 Å². The van der Waals surface area contributed by atoms with Crippen molar-refractivity contribution in [2.45, 2.75) is 58.6 Å². The van der Waals surface area contributed by atoms with E-state index < -0.39 is 15.6 Å². The van der Waals surface area contributed by atoms with Gasteiger partial charge < -0.3 is 5.11 Å². The summed E-state index contributed by atoms with van der Waals surface area (Å²) in [4.78, 5) is 0.255. The highest BCUT2D eigenvalue weighted by Crippen LogP contribution is 2.24. The Morgan fingerprint density at radius 2 is 1.75 bits per heavy atom. The van der Waals surface area contributed by atoms with Crippen molar-refractivity contribution in [1.82, 2.24) is 14.1 Å². The van der Waals surface area contributed by atoms with Gasteiger partial charge in [-0.05, 0) is 27.7 Å². The summed E-state index contributed by atoms with van der Waals surface area (Å²) in [5.41, 5.74) is 0.0922. The summed E-state index contributed by atoms with van der Waals surface area (Å²) in [6.07, 6.45) is 0. The van der Waals surface area contributed by atoms with Crippen LogP contribution in [0.1, 0.15) is 39.1 Å². The smallest absolute Gasteiger partial charge is 0.246 e. The fourth-order valence-electron chi connectivity index (χ4n) is 2.27. The maximum atomic E-state index is 12.6. The van der Waals surface area contributed by atoms with Crippen LogP contribution >= 0.6 is 0 Å². The van der Waals surface area contributed by atoms with Crippen LogP contribution in [-0.2, 0) is 16.6 Å². The first-order valence-corrected chi connectivity index (χ1v) is 8.25. The minimum atomic E-state index is -3.53. The van der Waals surface area contributed by atoms with Gasteiger partial charge >= 0.3 is 0 Å². The fourth-order valence-corrected chi connectivity index (χ4v) is 4.10.